The summed E-state index contributed by atoms with van der Waals surface area (Å²) in [6.07, 6.45) is 3.63. The van der Waals surface area contributed by atoms with Crippen molar-refractivity contribution in [1.29, 1.82) is 5.26 Å². The van der Waals surface area contributed by atoms with Crippen molar-refractivity contribution in [3.63, 3.8) is 0 Å². The summed E-state index contributed by atoms with van der Waals surface area (Å²) < 4.78 is 0. The van der Waals surface area contributed by atoms with Crippen LogP contribution in [0.3, 0.4) is 0 Å². The van der Waals surface area contributed by atoms with Crippen LogP contribution in [-0.4, -0.2) is 6.04 Å². The monoisotopic (exact) mass is 299 g/mol. The van der Waals surface area contributed by atoms with E-state index < -0.39 is 0 Å². The SMILES string of the molecule is C=C(C#N)C(C/C(N)=C/C(C)N)c1cccc(C)c1.CCC. The van der Waals surface area contributed by atoms with Gasteiger partial charge in [0.1, 0.15) is 0 Å². The molecule has 0 aliphatic rings. The van der Waals surface area contributed by atoms with Gasteiger partial charge < -0.3 is 11.5 Å². The Morgan fingerprint density at radius 1 is 1.41 bits per heavy atom. The molecular weight excluding hydrogens is 270 g/mol. The van der Waals surface area contributed by atoms with Gasteiger partial charge in [0.05, 0.1) is 6.07 Å². The lowest BCUT2D eigenvalue weighted by atomic mass is 9.87. The van der Waals surface area contributed by atoms with E-state index >= 15 is 0 Å². The summed E-state index contributed by atoms with van der Waals surface area (Å²) in [5, 5.41) is 9.10. The zero-order chi connectivity index (χ0) is 17.1. The first-order valence-corrected chi connectivity index (χ1v) is 7.72. The molecule has 120 valence electrons. The zero-order valence-corrected chi connectivity index (χ0v) is 14.3. The second kappa shape index (κ2) is 10.6. The third-order valence-electron chi connectivity index (χ3n) is 2.93. The van der Waals surface area contributed by atoms with Crippen LogP contribution in [0.15, 0.2) is 48.2 Å². The maximum absolute atomic E-state index is 9.10. The molecule has 3 nitrogen and oxygen atoms in total. The third-order valence-corrected chi connectivity index (χ3v) is 2.93. The summed E-state index contributed by atoms with van der Waals surface area (Å²) in [6, 6.07) is 10.1. The van der Waals surface area contributed by atoms with Gasteiger partial charge in [-0.05, 0) is 31.9 Å². The van der Waals surface area contributed by atoms with Crippen LogP contribution in [0, 0.1) is 18.3 Å². The van der Waals surface area contributed by atoms with E-state index in [-0.39, 0.29) is 12.0 Å². The van der Waals surface area contributed by atoms with Crippen molar-refractivity contribution in [2.24, 2.45) is 11.5 Å². The zero-order valence-electron chi connectivity index (χ0n) is 14.3. The average Bonchev–Trinajstić information content (AvgIpc) is 2.44. The van der Waals surface area contributed by atoms with Gasteiger partial charge in [-0.3, -0.25) is 0 Å². The molecule has 0 heterocycles. The molecule has 22 heavy (non-hydrogen) atoms. The van der Waals surface area contributed by atoms with Crippen molar-refractivity contribution in [3.8, 4) is 6.07 Å². The predicted molar refractivity (Wildman–Crippen MR) is 95.2 cm³/mol. The van der Waals surface area contributed by atoms with Crippen LogP contribution in [0.5, 0.6) is 0 Å². The smallest absolute Gasteiger partial charge is 0.0947 e. The lowest BCUT2D eigenvalue weighted by molar-refractivity contribution is 0.776. The average molecular weight is 299 g/mol. The molecule has 1 aromatic rings. The van der Waals surface area contributed by atoms with Gasteiger partial charge in [0, 0.05) is 23.2 Å². The van der Waals surface area contributed by atoms with E-state index in [2.05, 4.69) is 32.6 Å². The van der Waals surface area contributed by atoms with E-state index in [0.29, 0.717) is 17.7 Å². The van der Waals surface area contributed by atoms with Crippen molar-refractivity contribution in [2.75, 3.05) is 0 Å². The van der Waals surface area contributed by atoms with E-state index in [1.807, 2.05) is 38.1 Å². The molecule has 0 fully saturated rings. The molecule has 4 N–H and O–H groups in total. The van der Waals surface area contributed by atoms with E-state index in [1.165, 1.54) is 6.42 Å². The van der Waals surface area contributed by atoms with Gasteiger partial charge in [0.15, 0.2) is 0 Å². The van der Waals surface area contributed by atoms with Gasteiger partial charge in [0.2, 0.25) is 0 Å². The lowest BCUT2D eigenvalue weighted by Crippen LogP contribution is -2.16. The second-order valence-electron chi connectivity index (χ2n) is 5.62. The fraction of sp³-hybridized carbons (Fsp3) is 0.421. The van der Waals surface area contributed by atoms with Gasteiger partial charge in [0.25, 0.3) is 0 Å². The van der Waals surface area contributed by atoms with E-state index in [0.717, 1.165) is 11.1 Å². The Morgan fingerprint density at radius 2 is 2.00 bits per heavy atom. The maximum atomic E-state index is 9.10. The summed E-state index contributed by atoms with van der Waals surface area (Å²) in [6.45, 7) is 12.0. The molecule has 0 saturated carbocycles. The highest BCUT2D eigenvalue weighted by atomic mass is 14.6. The Hall–Kier alpha value is -2.05. The first-order chi connectivity index (χ1) is 10.3. The number of aryl methyl sites for hydroxylation is 1. The van der Waals surface area contributed by atoms with Crippen molar-refractivity contribution in [2.45, 2.75) is 52.5 Å². The van der Waals surface area contributed by atoms with Crippen LogP contribution < -0.4 is 11.5 Å². The van der Waals surface area contributed by atoms with Crippen molar-refractivity contribution in [3.05, 3.63) is 59.3 Å². The first-order valence-electron chi connectivity index (χ1n) is 7.72. The largest absolute Gasteiger partial charge is 0.402 e. The minimum absolute atomic E-state index is 0.0834. The van der Waals surface area contributed by atoms with Gasteiger partial charge in [-0.2, -0.15) is 5.26 Å². The van der Waals surface area contributed by atoms with Gasteiger partial charge in [-0.1, -0.05) is 56.7 Å². The minimum atomic E-state index is -0.0893. The molecule has 0 saturated heterocycles. The Kier molecular flexibility index (Phi) is 9.65. The molecular formula is C19H29N3. The maximum Gasteiger partial charge on any atom is 0.0947 e. The molecule has 0 aliphatic carbocycles. The molecule has 0 amide bonds. The van der Waals surface area contributed by atoms with E-state index in [4.69, 9.17) is 16.7 Å². The summed E-state index contributed by atoms with van der Waals surface area (Å²) in [5.41, 5.74) is 15.1. The van der Waals surface area contributed by atoms with E-state index in [9.17, 15) is 0 Å². The summed E-state index contributed by atoms with van der Waals surface area (Å²) in [7, 11) is 0. The molecule has 1 aromatic carbocycles. The minimum Gasteiger partial charge on any atom is -0.402 e. The molecule has 0 radical (unpaired) electrons. The number of nitrogens with two attached hydrogens (primary N) is 2. The number of allylic oxidation sites excluding steroid dienone is 2. The Bertz CT molecular complexity index is 536. The number of rotatable bonds is 5. The summed E-state index contributed by atoms with van der Waals surface area (Å²) in [5.74, 6) is -0.0834. The summed E-state index contributed by atoms with van der Waals surface area (Å²) in [4.78, 5) is 0. The highest BCUT2D eigenvalue weighted by Gasteiger charge is 2.16. The highest BCUT2D eigenvalue weighted by Crippen LogP contribution is 2.29. The van der Waals surface area contributed by atoms with Crippen molar-refractivity contribution in [1.82, 2.24) is 0 Å². The number of benzene rings is 1. The molecule has 2 atom stereocenters. The van der Waals surface area contributed by atoms with Crippen LogP contribution in [0.2, 0.25) is 0 Å². The molecule has 0 spiro atoms. The fourth-order valence-corrected chi connectivity index (χ4v) is 2.05. The molecule has 1 rings (SSSR count). The Balaban J connectivity index is 0.00000135. The number of hydrogen-bond donors (Lipinski definition) is 2. The number of nitriles is 1. The molecule has 0 aliphatic heterocycles. The number of hydrogen-bond acceptors (Lipinski definition) is 3. The van der Waals surface area contributed by atoms with Gasteiger partial charge in [-0.25, -0.2) is 0 Å². The highest BCUT2D eigenvalue weighted by molar-refractivity contribution is 5.37. The predicted octanol–water partition coefficient (Wildman–Crippen LogP) is 4.15. The van der Waals surface area contributed by atoms with Crippen molar-refractivity contribution >= 4 is 0 Å². The normalized spacial score (nSPS) is 13.4. The molecule has 0 aromatic heterocycles. The van der Waals surface area contributed by atoms with Gasteiger partial charge >= 0.3 is 0 Å². The van der Waals surface area contributed by atoms with Crippen LogP contribution in [0.25, 0.3) is 0 Å². The van der Waals surface area contributed by atoms with Gasteiger partial charge in [-0.15, -0.1) is 0 Å². The lowest BCUT2D eigenvalue weighted by Gasteiger charge is -2.17. The Labute approximate surface area is 135 Å². The van der Waals surface area contributed by atoms with Crippen LogP contribution in [0.1, 0.15) is 50.7 Å². The first kappa shape index (κ1) is 19.9. The molecule has 3 heteroatoms. The third kappa shape index (κ3) is 7.66. The van der Waals surface area contributed by atoms with Crippen LogP contribution in [-0.2, 0) is 0 Å². The standard InChI is InChI=1S/C16H21N3.C3H8/c1-11-5-4-6-14(7-11)16(12(2)10-17)9-15(19)8-13(3)18;1-3-2/h4-8,13,16H,2,9,18-19H2,1,3H3;3H2,1-2H3/b15-8-;. The molecule has 2 unspecified atom stereocenters. The van der Waals surface area contributed by atoms with Crippen molar-refractivity contribution < 1.29 is 0 Å². The fourth-order valence-electron chi connectivity index (χ4n) is 2.05. The molecule has 0 bridgehead atoms. The number of nitrogens with zero attached hydrogens (tertiary/aromatic N) is 1. The quantitative estimate of drug-likeness (QED) is 0.802. The second-order valence-corrected chi connectivity index (χ2v) is 5.62. The van der Waals surface area contributed by atoms with E-state index in [1.54, 1.807) is 0 Å². The topological polar surface area (TPSA) is 75.8 Å². The van der Waals surface area contributed by atoms with Crippen LogP contribution in [0.4, 0.5) is 0 Å². The van der Waals surface area contributed by atoms with Crippen LogP contribution >= 0.6 is 0 Å². The summed E-state index contributed by atoms with van der Waals surface area (Å²) >= 11 is 0. The Morgan fingerprint density at radius 3 is 2.45 bits per heavy atom.